The van der Waals surface area contributed by atoms with Crippen molar-refractivity contribution in [2.75, 3.05) is 13.2 Å². The number of amides is 2. The number of phenols is 1. The third-order valence-electron chi connectivity index (χ3n) is 4.95. The first-order chi connectivity index (χ1) is 18.9. The molecule has 0 heterocycles. The van der Waals surface area contributed by atoms with E-state index in [2.05, 4.69) is 5.32 Å². The molecule has 0 aliphatic rings. The predicted molar refractivity (Wildman–Crippen MR) is 149 cm³/mol. The second kappa shape index (κ2) is 19.3. The summed E-state index contributed by atoms with van der Waals surface area (Å²) in [4.78, 5) is 41.8. The smallest absolute Gasteiger partial charge is 0.339 e. The maximum atomic E-state index is 10.8. The van der Waals surface area contributed by atoms with E-state index < -0.39 is 23.4 Å². The molecule has 0 aromatic heterocycles. The molecule has 3 rings (SSSR count). The zero-order valence-corrected chi connectivity index (χ0v) is 22.4. The molecular weight excluding hydrogens is 520 g/mol. The lowest BCUT2D eigenvalue weighted by Gasteiger charge is -2.18. The van der Waals surface area contributed by atoms with Crippen molar-refractivity contribution >= 4 is 23.8 Å². The van der Waals surface area contributed by atoms with Crippen LogP contribution in [0.1, 0.15) is 53.0 Å². The van der Waals surface area contributed by atoms with Gasteiger partial charge in [-0.2, -0.15) is 0 Å². The molecule has 0 saturated carbocycles. The van der Waals surface area contributed by atoms with Gasteiger partial charge >= 0.3 is 11.9 Å². The minimum Gasteiger partial charge on any atom is -0.507 e. The lowest BCUT2D eigenvalue weighted by Crippen LogP contribution is -2.38. The Kier molecular flexibility index (Phi) is 17.1. The van der Waals surface area contributed by atoms with Crippen molar-refractivity contribution in [3.8, 4) is 5.75 Å². The van der Waals surface area contributed by atoms with E-state index >= 15 is 0 Å². The number of primary amides is 1. The van der Waals surface area contributed by atoms with E-state index in [1.807, 2.05) is 0 Å². The summed E-state index contributed by atoms with van der Waals surface area (Å²) in [7, 11) is 0. The molecule has 0 radical (unpaired) electrons. The lowest BCUT2D eigenvalue weighted by atomic mass is 9.96. The van der Waals surface area contributed by atoms with Crippen molar-refractivity contribution in [1.29, 1.82) is 0 Å². The maximum absolute atomic E-state index is 10.8. The highest BCUT2D eigenvalue weighted by Gasteiger charge is 2.29. The number of carboxylic acid groups (broad SMARTS) is 2. The molecule has 3 aromatic carbocycles. The third kappa shape index (κ3) is 14.3. The van der Waals surface area contributed by atoms with Gasteiger partial charge in [-0.15, -0.1) is 0 Å². The molecule has 0 aliphatic heterocycles. The zero-order chi connectivity index (χ0) is 30.6. The topological polar surface area (TPSA) is 207 Å². The number of rotatable bonds is 8. The summed E-state index contributed by atoms with van der Waals surface area (Å²) in [6.45, 7) is 3.91. The standard InChI is InChI=1S/C9H11NO2.C7H6O3.C7H6O2.C6H13NO2/c1-9(12,8(10)11)7-5-3-2-4-6-7;8-6-4-2-1-3-5(6)7(9)10;8-7(9)6-4-2-1-3-5-6;1-2-6(9)7-4-3-5-8/h2-6,12H,1H3,(H2,10,11);1-4,8H,(H,9,10);1-5H,(H,8,9);8H,2-5H2,1H3,(H,7,9). The molecule has 1 atom stereocenters. The van der Waals surface area contributed by atoms with E-state index in [0.717, 1.165) is 0 Å². The van der Waals surface area contributed by atoms with E-state index in [4.69, 9.17) is 26.2 Å². The van der Waals surface area contributed by atoms with E-state index in [1.165, 1.54) is 19.1 Å². The number of aromatic carboxylic acids is 2. The normalized spacial score (nSPS) is 10.9. The van der Waals surface area contributed by atoms with Crippen LogP contribution in [0.25, 0.3) is 0 Å². The Morgan fingerprint density at radius 1 is 0.825 bits per heavy atom. The molecular formula is C29H36N2O9. The average molecular weight is 557 g/mol. The van der Waals surface area contributed by atoms with E-state index in [-0.39, 0.29) is 23.8 Å². The Labute approximate surface area is 232 Å². The van der Waals surface area contributed by atoms with Gasteiger partial charge in [0.15, 0.2) is 5.60 Å². The third-order valence-corrected chi connectivity index (χ3v) is 4.95. The molecule has 0 spiro atoms. The number of nitrogens with one attached hydrogen (secondary N) is 1. The number of aliphatic hydroxyl groups is 2. The van der Waals surface area contributed by atoms with Crippen molar-refractivity contribution in [2.24, 2.45) is 5.73 Å². The molecule has 11 nitrogen and oxygen atoms in total. The van der Waals surface area contributed by atoms with Gasteiger partial charge in [-0.25, -0.2) is 9.59 Å². The molecule has 0 aliphatic carbocycles. The Morgan fingerprint density at radius 3 is 1.70 bits per heavy atom. The van der Waals surface area contributed by atoms with Crippen LogP contribution in [0.5, 0.6) is 5.75 Å². The minimum absolute atomic E-state index is 0.0449. The highest BCUT2D eigenvalue weighted by Crippen LogP contribution is 2.18. The minimum atomic E-state index is -1.57. The fourth-order valence-corrected chi connectivity index (χ4v) is 2.57. The quantitative estimate of drug-likeness (QED) is 0.203. The second-order valence-electron chi connectivity index (χ2n) is 8.08. The van der Waals surface area contributed by atoms with Gasteiger partial charge in [0.05, 0.1) is 5.56 Å². The van der Waals surface area contributed by atoms with E-state index in [9.17, 15) is 24.3 Å². The zero-order valence-electron chi connectivity index (χ0n) is 22.4. The summed E-state index contributed by atoms with van der Waals surface area (Å²) >= 11 is 0. The van der Waals surface area contributed by atoms with Crippen LogP contribution in [-0.2, 0) is 15.2 Å². The fourth-order valence-electron chi connectivity index (χ4n) is 2.57. The number of carbonyl (C=O) groups excluding carboxylic acids is 2. The van der Waals surface area contributed by atoms with Gasteiger partial charge in [0.2, 0.25) is 5.91 Å². The molecule has 216 valence electrons. The van der Waals surface area contributed by atoms with Crippen LogP contribution < -0.4 is 11.1 Å². The molecule has 2 amide bonds. The van der Waals surface area contributed by atoms with Crippen molar-refractivity contribution < 1.29 is 44.7 Å². The summed E-state index contributed by atoms with van der Waals surface area (Å²) in [5.41, 5.74) is 4.22. The van der Waals surface area contributed by atoms with Crippen LogP contribution in [0.15, 0.2) is 84.9 Å². The molecule has 40 heavy (non-hydrogen) atoms. The van der Waals surface area contributed by atoms with Gasteiger partial charge in [-0.1, -0.05) is 67.6 Å². The van der Waals surface area contributed by atoms with Crippen molar-refractivity contribution in [3.05, 3.63) is 102 Å². The van der Waals surface area contributed by atoms with E-state index in [0.29, 0.717) is 30.5 Å². The Balaban J connectivity index is 0.000000511. The van der Waals surface area contributed by atoms with Crippen molar-refractivity contribution in [1.82, 2.24) is 5.32 Å². The van der Waals surface area contributed by atoms with Crippen molar-refractivity contribution in [3.63, 3.8) is 0 Å². The van der Waals surface area contributed by atoms with Gasteiger partial charge < -0.3 is 36.6 Å². The molecule has 3 aromatic rings. The summed E-state index contributed by atoms with van der Waals surface area (Å²) in [5.74, 6) is -2.89. The summed E-state index contributed by atoms with van der Waals surface area (Å²) in [6.07, 6.45) is 1.16. The molecule has 0 fully saturated rings. The van der Waals surface area contributed by atoms with Crippen LogP contribution >= 0.6 is 0 Å². The Morgan fingerprint density at radius 2 is 1.32 bits per heavy atom. The van der Waals surface area contributed by atoms with Crippen LogP contribution in [-0.4, -0.2) is 62.4 Å². The number of hydrogen-bond acceptors (Lipinski definition) is 7. The average Bonchev–Trinajstić information content (AvgIpc) is 2.95. The number of aliphatic hydroxyl groups excluding tert-OH is 1. The van der Waals surface area contributed by atoms with Crippen LogP contribution in [0.4, 0.5) is 0 Å². The SMILES string of the molecule is CC(O)(C(N)=O)c1ccccc1.CCC(=O)NCCCO.O=C(O)c1ccccc1.O=C(O)c1ccccc1O. The summed E-state index contributed by atoms with van der Waals surface area (Å²) in [5, 5.41) is 46.2. The number of aromatic hydroxyl groups is 1. The molecule has 1 unspecified atom stereocenters. The predicted octanol–water partition coefficient (Wildman–Crippen LogP) is 2.75. The van der Waals surface area contributed by atoms with Gasteiger partial charge in [0, 0.05) is 19.6 Å². The fraction of sp³-hybridized carbons (Fsp3) is 0.241. The molecule has 8 N–H and O–H groups in total. The summed E-state index contributed by atoms with van der Waals surface area (Å²) < 4.78 is 0. The lowest BCUT2D eigenvalue weighted by molar-refractivity contribution is -0.135. The van der Waals surface area contributed by atoms with Gasteiger partial charge in [0.25, 0.3) is 5.91 Å². The highest BCUT2D eigenvalue weighted by atomic mass is 16.4. The number of para-hydroxylation sites is 1. The Hall–Kier alpha value is -4.74. The van der Waals surface area contributed by atoms with Gasteiger partial charge in [0.1, 0.15) is 11.3 Å². The first kappa shape index (κ1) is 35.3. The highest BCUT2D eigenvalue weighted by molar-refractivity contribution is 5.90. The number of nitrogens with two attached hydrogens (primary N) is 1. The van der Waals surface area contributed by atoms with Crippen LogP contribution in [0.2, 0.25) is 0 Å². The van der Waals surface area contributed by atoms with Crippen LogP contribution in [0, 0.1) is 0 Å². The number of benzene rings is 3. The van der Waals surface area contributed by atoms with Gasteiger partial charge in [-0.3, -0.25) is 9.59 Å². The number of carboxylic acids is 2. The van der Waals surface area contributed by atoms with Crippen LogP contribution in [0.3, 0.4) is 0 Å². The number of carbonyl (C=O) groups is 4. The molecule has 0 bridgehead atoms. The Bertz CT molecular complexity index is 1180. The maximum Gasteiger partial charge on any atom is 0.339 e. The van der Waals surface area contributed by atoms with Gasteiger partial charge in [-0.05, 0) is 43.2 Å². The second-order valence-corrected chi connectivity index (χ2v) is 8.08. The monoisotopic (exact) mass is 556 g/mol. The molecule has 0 saturated heterocycles. The largest absolute Gasteiger partial charge is 0.507 e. The van der Waals surface area contributed by atoms with E-state index in [1.54, 1.807) is 79.7 Å². The molecule has 11 heteroatoms. The first-order valence-corrected chi connectivity index (χ1v) is 12.1. The van der Waals surface area contributed by atoms with Crippen molar-refractivity contribution in [2.45, 2.75) is 32.3 Å². The summed E-state index contributed by atoms with van der Waals surface area (Å²) in [6, 6.07) is 22.7. The number of hydrogen-bond donors (Lipinski definition) is 7. The first-order valence-electron chi connectivity index (χ1n) is 12.1.